The van der Waals surface area contributed by atoms with Crippen LogP contribution in [0.4, 0.5) is 5.69 Å². The van der Waals surface area contributed by atoms with Crippen LogP contribution in [-0.2, 0) is 0 Å². The standard InChI is InChI=1S/C29H28N2O5/c1-33-20-12-10-19(11-13-20)31-25(23-15-16-26(34-2)29(36-4)28(23)35-3)17-24(30-31)22-14-9-18-7-5-6-8-21(18)27(22)32/h5-16,25,32H,17H2,1-4H3. The molecule has 1 heterocycles. The number of phenols is 1. The molecular formula is C29H28N2O5. The number of rotatable bonds is 7. The first-order valence-electron chi connectivity index (χ1n) is 11.6. The summed E-state index contributed by atoms with van der Waals surface area (Å²) in [5.41, 5.74) is 3.25. The zero-order valence-corrected chi connectivity index (χ0v) is 20.7. The second-order valence-corrected chi connectivity index (χ2v) is 8.42. The van der Waals surface area contributed by atoms with Gasteiger partial charge in [0.1, 0.15) is 11.5 Å². The van der Waals surface area contributed by atoms with Crippen molar-refractivity contribution < 1.29 is 24.1 Å². The summed E-state index contributed by atoms with van der Waals surface area (Å²) in [6.45, 7) is 0. The second kappa shape index (κ2) is 9.70. The number of aromatic hydroxyl groups is 1. The van der Waals surface area contributed by atoms with Crippen LogP contribution in [0, 0.1) is 0 Å². The third kappa shape index (κ3) is 3.92. The number of methoxy groups -OCH3 is 4. The Morgan fingerprint density at radius 2 is 1.53 bits per heavy atom. The number of fused-ring (bicyclic) bond motifs is 1. The summed E-state index contributed by atoms with van der Waals surface area (Å²) in [6, 6.07) is 23.1. The first-order valence-corrected chi connectivity index (χ1v) is 11.6. The lowest BCUT2D eigenvalue weighted by Crippen LogP contribution is -2.19. The predicted octanol–water partition coefficient (Wildman–Crippen LogP) is 5.94. The first kappa shape index (κ1) is 23.4. The highest BCUT2D eigenvalue weighted by atomic mass is 16.5. The van der Waals surface area contributed by atoms with E-state index in [9.17, 15) is 5.11 Å². The number of phenolic OH excluding ortho intramolecular Hbond substituents is 1. The molecule has 1 N–H and O–H groups in total. The van der Waals surface area contributed by atoms with Crippen LogP contribution in [0.15, 0.2) is 77.9 Å². The fraction of sp³-hybridized carbons (Fsp3) is 0.207. The van der Waals surface area contributed by atoms with Crippen LogP contribution < -0.4 is 24.0 Å². The van der Waals surface area contributed by atoms with Crippen molar-refractivity contribution in [2.45, 2.75) is 12.5 Å². The molecule has 0 amide bonds. The molecule has 0 bridgehead atoms. The van der Waals surface area contributed by atoms with Crippen molar-refractivity contribution in [3.63, 3.8) is 0 Å². The van der Waals surface area contributed by atoms with Crippen LogP contribution in [0.25, 0.3) is 10.8 Å². The van der Waals surface area contributed by atoms with Gasteiger partial charge >= 0.3 is 0 Å². The van der Waals surface area contributed by atoms with E-state index in [4.69, 9.17) is 24.0 Å². The molecule has 0 fully saturated rings. The molecule has 1 aliphatic heterocycles. The Kier molecular flexibility index (Phi) is 6.29. The van der Waals surface area contributed by atoms with Crippen molar-refractivity contribution in [3.05, 3.63) is 83.9 Å². The number of ether oxygens (including phenoxy) is 4. The highest BCUT2D eigenvalue weighted by Crippen LogP contribution is 2.48. The molecule has 0 aromatic heterocycles. The van der Waals surface area contributed by atoms with Crippen LogP contribution in [0.2, 0.25) is 0 Å². The molecule has 4 aromatic carbocycles. The van der Waals surface area contributed by atoms with E-state index in [1.165, 1.54) is 0 Å². The van der Waals surface area contributed by atoms with Crippen LogP contribution in [-0.4, -0.2) is 39.3 Å². The molecule has 1 aliphatic rings. The molecule has 0 spiro atoms. The molecule has 5 rings (SSSR count). The molecule has 0 saturated heterocycles. The third-order valence-corrected chi connectivity index (χ3v) is 6.55. The van der Waals surface area contributed by atoms with Gasteiger partial charge in [0.2, 0.25) is 5.75 Å². The molecule has 0 radical (unpaired) electrons. The van der Waals surface area contributed by atoms with Gasteiger partial charge in [0.15, 0.2) is 11.5 Å². The molecule has 0 saturated carbocycles. The van der Waals surface area contributed by atoms with E-state index in [0.717, 1.165) is 33.5 Å². The Bertz CT molecular complexity index is 1430. The van der Waals surface area contributed by atoms with Gasteiger partial charge in [-0.15, -0.1) is 0 Å². The van der Waals surface area contributed by atoms with Crippen molar-refractivity contribution in [1.29, 1.82) is 0 Å². The van der Waals surface area contributed by atoms with Crippen molar-refractivity contribution >= 4 is 22.2 Å². The Labute approximate surface area is 210 Å². The van der Waals surface area contributed by atoms with Crippen LogP contribution in [0.3, 0.4) is 0 Å². The summed E-state index contributed by atoms with van der Waals surface area (Å²) in [6.07, 6.45) is 0.545. The number of nitrogens with zero attached hydrogens (tertiary/aromatic N) is 2. The maximum absolute atomic E-state index is 11.2. The predicted molar refractivity (Wildman–Crippen MR) is 141 cm³/mol. The van der Waals surface area contributed by atoms with Gasteiger partial charge in [0.05, 0.1) is 45.9 Å². The minimum Gasteiger partial charge on any atom is -0.507 e. The average Bonchev–Trinajstić information content (AvgIpc) is 3.37. The lowest BCUT2D eigenvalue weighted by molar-refractivity contribution is 0.320. The van der Waals surface area contributed by atoms with Gasteiger partial charge in [-0.1, -0.05) is 30.3 Å². The monoisotopic (exact) mass is 484 g/mol. The van der Waals surface area contributed by atoms with Crippen LogP contribution in [0.1, 0.15) is 23.6 Å². The van der Waals surface area contributed by atoms with Crippen molar-refractivity contribution in [3.8, 4) is 28.7 Å². The molecule has 4 aromatic rings. The Balaban J connectivity index is 1.65. The van der Waals surface area contributed by atoms with Gasteiger partial charge in [0.25, 0.3) is 0 Å². The van der Waals surface area contributed by atoms with Crippen molar-refractivity contribution in [1.82, 2.24) is 0 Å². The van der Waals surface area contributed by atoms with Crippen LogP contribution >= 0.6 is 0 Å². The highest BCUT2D eigenvalue weighted by molar-refractivity contribution is 6.09. The maximum Gasteiger partial charge on any atom is 0.203 e. The number of hydrazone groups is 1. The van der Waals surface area contributed by atoms with E-state index in [2.05, 4.69) is 0 Å². The Hall–Kier alpha value is -4.39. The van der Waals surface area contributed by atoms with E-state index < -0.39 is 0 Å². The zero-order valence-electron chi connectivity index (χ0n) is 20.7. The van der Waals surface area contributed by atoms with Crippen molar-refractivity contribution in [2.24, 2.45) is 5.10 Å². The molecule has 7 nitrogen and oxygen atoms in total. The topological polar surface area (TPSA) is 72.8 Å². The lowest BCUT2D eigenvalue weighted by atomic mass is 9.95. The normalized spacial score (nSPS) is 15.1. The molecule has 1 atom stereocenters. The summed E-state index contributed by atoms with van der Waals surface area (Å²) in [5, 5.41) is 19.9. The SMILES string of the molecule is COc1ccc(N2N=C(c3ccc4ccccc4c3O)CC2c2ccc(OC)c(OC)c2OC)cc1. The highest BCUT2D eigenvalue weighted by Gasteiger charge is 2.34. The molecule has 7 heteroatoms. The van der Waals surface area contributed by atoms with E-state index in [1.54, 1.807) is 28.4 Å². The fourth-order valence-electron chi connectivity index (χ4n) is 4.76. The summed E-state index contributed by atoms with van der Waals surface area (Å²) in [5.74, 6) is 2.67. The zero-order chi connectivity index (χ0) is 25.2. The van der Waals surface area contributed by atoms with Crippen LogP contribution in [0.5, 0.6) is 28.7 Å². The minimum atomic E-state index is -0.214. The molecule has 36 heavy (non-hydrogen) atoms. The first-order chi connectivity index (χ1) is 17.6. The lowest BCUT2D eigenvalue weighted by Gasteiger charge is -2.26. The smallest absolute Gasteiger partial charge is 0.203 e. The van der Waals surface area contributed by atoms with Gasteiger partial charge in [-0.05, 0) is 47.9 Å². The third-order valence-electron chi connectivity index (χ3n) is 6.55. The average molecular weight is 485 g/mol. The minimum absolute atomic E-state index is 0.214. The number of hydrogen-bond acceptors (Lipinski definition) is 7. The Morgan fingerprint density at radius 1 is 0.778 bits per heavy atom. The fourth-order valence-corrected chi connectivity index (χ4v) is 4.76. The Morgan fingerprint density at radius 3 is 2.22 bits per heavy atom. The molecule has 1 unspecified atom stereocenters. The molecule has 184 valence electrons. The van der Waals surface area contributed by atoms with Gasteiger partial charge in [-0.2, -0.15) is 5.10 Å². The largest absolute Gasteiger partial charge is 0.507 e. The summed E-state index contributed by atoms with van der Waals surface area (Å²) in [7, 11) is 6.44. The van der Waals surface area contributed by atoms with Gasteiger partial charge in [-0.25, -0.2) is 0 Å². The quantitative estimate of drug-likeness (QED) is 0.350. The summed E-state index contributed by atoms with van der Waals surface area (Å²) < 4.78 is 22.3. The second-order valence-electron chi connectivity index (χ2n) is 8.42. The van der Waals surface area contributed by atoms with E-state index in [-0.39, 0.29) is 11.8 Å². The molecule has 0 aliphatic carbocycles. The van der Waals surface area contributed by atoms with Crippen molar-refractivity contribution in [2.75, 3.05) is 33.4 Å². The summed E-state index contributed by atoms with van der Waals surface area (Å²) in [4.78, 5) is 0. The van der Waals surface area contributed by atoms with E-state index >= 15 is 0 Å². The van der Waals surface area contributed by atoms with Gasteiger partial charge < -0.3 is 24.1 Å². The number of anilines is 1. The number of hydrogen-bond donors (Lipinski definition) is 1. The summed E-state index contributed by atoms with van der Waals surface area (Å²) >= 11 is 0. The maximum atomic E-state index is 11.2. The van der Waals surface area contributed by atoms with Gasteiger partial charge in [-0.3, -0.25) is 5.01 Å². The van der Waals surface area contributed by atoms with E-state index in [0.29, 0.717) is 29.2 Å². The number of benzene rings is 4. The van der Waals surface area contributed by atoms with E-state index in [1.807, 2.05) is 77.8 Å². The molecular weight excluding hydrogens is 456 g/mol. The van der Waals surface area contributed by atoms with Gasteiger partial charge in [0, 0.05) is 22.9 Å².